The molecule has 1 unspecified atom stereocenters. The highest BCUT2D eigenvalue weighted by Crippen LogP contribution is 2.67. The number of aliphatic hydroxyl groups is 3. The van der Waals surface area contributed by atoms with Crippen molar-refractivity contribution < 1.29 is 71.0 Å². The Morgan fingerprint density at radius 1 is 0.989 bits per heavy atom. The fourth-order valence-electron chi connectivity index (χ4n) is 15.8. The van der Waals surface area contributed by atoms with E-state index in [4.69, 9.17) is 14.0 Å². The number of fused-ring (bicyclic) bond motifs is 6. The number of H-pyrrole nitrogens is 1. The fraction of sp³-hybridized carbons (Fsp3) is 0.623. The Balaban J connectivity index is 0.837. The standard InChI is InChI=1S/C61H84N10O15S3/c1-8-36(4)50(73)63-45(27-39-33-71(67-64-39)22-23-86-89(81,82)83)47(72)26-38(51(74)75)34-88-87-25-24-85-56(78)66-65-55(77)61(80)53-60(18-21-70-19-13-17-59(10-3,52(60)70)54(61)76)42-28-43(48(84-7)29-46(42)68(53)6)57(5)30-37-31-58(79,9-2)35-69(32-37)20-16-41-40-14-11-12-15-44(40)62-49(41)57/h11-15,17,28-29,33,36-38,45,52-54,62,76,79-80H,8-10,16,18-27,30-32,34-35H2,1-7H3,(H,63,73)(H,65,77)(H,66,78)(H,74,75)(H,81,82,83)/t36-,37+,38+,45+,52+,53-,54-,57-,58+,59-,60-,61+/m1/s1. The van der Waals surface area contributed by atoms with Gasteiger partial charge in [-0.1, -0.05) is 84.8 Å². The number of methoxy groups -OCH3 is 1. The molecule has 4 aromatic rings. The average molecular weight is 1290 g/mol. The first kappa shape index (κ1) is 66.1. The van der Waals surface area contributed by atoms with Gasteiger partial charge in [0.15, 0.2) is 11.4 Å². The minimum Gasteiger partial charge on any atom is -0.496 e. The highest BCUT2D eigenvalue weighted by molar-refractivity contribution is 8.76. The molecular formula is C61H84N10O15S3. The minimum atomic E-state index is -4.68. The van der Waals surface area contributed by atoms with Crippen LogP contribution in [0.5, 0.6) is 5.75 Å². The number of piperidine rings is 1. The zero-order chi connectivity index (χ0) is 64.0. The summed E-state index contributed by atoms with van der Waals surface area (Å²) in [5, 5.41) is 60.4. The fourth-order valence-corrected chi connectivity index (χ4v) is 18.3. The number of nitrogens with one attached hydrogen (secondary N) is 4. The number of Topliss-reactive ketones (excluding diaryl/α,β-unsaturated/α-hetero) is 1. The number of ether oxygens (including phenoxy) is 2. The van der Waals surface area contributed by atoms with Gasteiger partial charge in [-0.05, 0) is 87.6 Å². The smallest absolute Gasteiger partial charge is 0.426 e. The number of aromatic nitrogens is 4. The summed E-state index contributed by atoms with van der Waals surface area (Å²) in [7, 11) is 1.11. The van der Waals surface area contributed by atoms with Crippen LogP contribution in [-0.4, -0.2) is 200 Å². The van der Waals surface area contributed by atoms with Crippen LogP contribution in [0.15, 0.2) is 54.7 Å². The van der Waals surface area contributed by atoms with Gasteiger partial charge < -0.3 is 45.1 Å². The second-order valence-electron chi connectivity index (χ2n) is 25.4. The Morgan fingerprint density at radius 3 is 2.48 bits per heavy atom. The Morgan fingerprint density at radius 2 is 1.76 bits per heavy atom. The molecule has 5 aliphatic heterocycles. The summed E-state index contributed by atoms with van der Waals surface area (Å²) < 4.78 is 48.2. The molecule has 0 radical (unpaired) electrons. The lowest BCUT2D eigenvalue weighted by Gasteiger charge is -2.63. The second kappa shape index (κ2) is 26.1. The van der Waals surface area contributed by atoms with Crippen molar-refractivity contribution in [2.45, 2.75) is 145 Å². The van der Waals surface area contributed by atoms with Gasteiger partial charge in [-0.25, -0.2) is 19.1 Å². The van der Waals surface area contributed by atoms with Gasteiger partial charge >= 0.3 is 22.5 Å². The molecule has 2 aromatic carbocycles. The van der Waals surface area contributed by atoms with Crippen LogP contribution in [0.1, 0.15) is 108 Å². The number of carboxylic acids is 1. The van der Waals surface area contributed by atoms with E-state index in [2.05, 4.69) is 83.6 Å². The molecule has 89 heavy (non-hydrogen) atoms. The number of benzene rings is 2. The van der Waals surface area contributed by atoms with E-state index < -0.39 is 111 Å². The van der Waals surface area contributed by atoms with Crippen LogP contribution in [0.2, 0.25) is 0 Å². The van der Waals surface area contributed by atoms with Crippen LogP contribution in [0, 0.1) is 23.2 Å². The largest absolute Gasteiger partial charge is 0.496 e. The van der Waals surface area contributed by atoms with Crippen LogP contribution < -0.4 is 25.8 Å². The monoisotopic (exact) mass is 1290 g/mol. The molecule has 2 bridgehead atoms. The molecule has 486 valence electrons. The van der Waals surface area contributed by atoms with Crippen molar-refractivity contribution in [1.82, 2.24) is 45.9 Å². The van der Waals surface area contributed by atoms with Crippen molar-refractivity contribution in [2.24, 2.45) is 23.2 Å². The van der Waals surface area contributed by atoms with E-state index in [1.165, 1.54) is 27.2 Å². The minimum absolute atomic E-state index is 0.0408. The number of para-hydroxylation sites is 1. The van der Waals surface area contributed by atoms with Gasteiger partial charge in [-0.2, -0.15) is 8.42 Å². The molecule has 1 spiro atoms. The molecule has 6 aliphatic rings. The van der Waals surface area contributed by atoms with Gasteiger partial charge in [-0.3, -0.25) is 39.0 Å². The Kier molecular flexibility index (Phi) is 19.4. The van der Waals surface area contributed by atoms with Gasteiger partial charge in [0.05, 0.1) is 49.6 Å². The molecule has 2 aromatic heterocycles. The number of likely N-dealkylation sites (N-methyl/N-ethyl adjacent to an activating group) is 1. The molecule has 1 saturated carbocycles. The third-order valence-electron chi connectivity index (χ3n) is 20.2. The van der Waals surface area contributed by atoms with Crippen LogP contribution in [0.25, 0.3) is 10.9 Å². The van der Waals surface area contributed by atoms with Crippen molar-refractivity contribution >= 4 is 78.2 Å². The van der Waals surface area contributed by atoms with E-state index in [9.17, 15) is 48.0 Å². The molecule has 10 rings (SSSR count). The summed E-state index contributed by atoms with van der Waals surface area (Å²) in [5.41, 5.74) is 4.77. The first-order chi connectivity index (χ1) is 42.3. The quantitative estimate of drug-likeness (QED) is 0.0157. The average Bonchev–Trinajstić information content (AvgIpc) is 1.36. The van der Waals surface area contributed by atoms with Crippen molar-refractivity contribution in [3.05, 3.63) is 82.8 Å². The van der Waals surface area contributed by atoms with Crippen molar-refractivity contribution in [1.29, 1.82) is 0 Å². The van der Waals surface area contributed by atoms with Gasteiger partial charge in [0.1, 0.15) is 18.5 Å². The molecule has 25 nitrogen and oxygen atoms in total. The maximum Gasteiger partial charge on any atom is 0.426 e. The summed E-state index contributed by atoms with van der Waals surface area (Å²) in [6.07, 6.45) is 6.18. The third kappa shape index (κ3) is 12.4. The van der Waals surface area contributed by atoms with Crippen LogP contribution >= 0.6 is 21.6 Å². The first-order valence-electron chi connectivity index (χ1n) is 30.7. The normalized spacial score (nSPS) is 29.7. The summed E-state index contributed by atoms with van der Waals surface area (Å²) in [4.78, 5) is 78.3. The molecule has 28 heteroatoms. The number of hydrogen-bond donors (Lipinski definition) is 9. The number of ketones is 1. The van der Waals surface area contributed by atoms with E-state index in [1.54, 1.807) is 21.0 Å². The Hall–Kier alpha value is -5.82. The number of carboxylic acid groups (broad SMARTS) is 1. The third-order valence-corrected chi connectivity index (χ3v) is 23.1. The highest BCUT2D eigenvalue weighted by atomic mass is 33.1. The number of carbonyl (C=O) groups is 5. The van der Waals surface area contributed by atoms with E-state index in [0.717, 1.165) is 63.7 Å². The van der Waals surface area contributed by atoms with Crippen molar-refractivity contribution in [2.75, 3.05) is 76.5 Å². The number of hydrazine groups is 1. The topological polar surface area (TPSA) is 341 Å². The van der Waals surface area contributed by atoms with Gasteiger partial charge in [-0.15, -0.1) is 5.10 Å². The van der Waals surface area contributed by atoms with E-state index in [-0.39, 0.29) is 48.7 Å². The molecule has 2 saturated heterocycles. The van der Waals surface area contributed by atoms with Crippen molar-refractivity contribution in [3.8, 4) is 5.75 Å². The summed E-state index contributed by atoms with van der Waals surface area (Å²) in [6, 6.07) is 10.1. The number of rotatable bonds is 24. The van der Waals surface area contributed by atoms with Crippen LogP contribution in [-0.2, 0) is 68.7 Å². The molecule has 3 amide bonds. The maximum absolute atomic E-state index is 15.1. The Labute approximate surface area is 526 Å². The summed E-state index contributed by atoms with van der Waals surface area (Å²) >= 11 is 0. The van der Waals surface area contributed by atoms with E-state index in [1.807, 2.05) is 43.2 Å². The van der Waals surface area contributed by atoms with Crippen LogP contribution in [0.4, 0.5) is 10.5 Å². The highest BCUT2D eigenvalue weighted by Gasteiger charge is 2.79. The van der Waals surface area contributed by atoms with E-state index in [0.29, 0.717) is 63.9 Å². The van der Waals surface area contributed by atoms with Gasteiger partial charge in [0.25, 0.3) is 5.91 Å². The molecule has 3 fully saturated rings. The lowest BCUT2D eigenvalue weighted by molar-refractivity contribution is -0.204. The van der Waals surface area contributed by atoms with Gasteiger partial charge in [0.2, 0.25) is 5.91 Å². The van der Waals surface area contributed by atoms with Crippen LogP contribution in [0.3, 0.4) is 0 Å². The Bertz CT molecular complexity index is 3480. The number of aliphatic hydroxyl groups excluding tert-OH is 1. The molecule has 1 aliphatic carbocycles. The zero-order valence-electron chi connectivity index (χ0n) is 51.4. The second-order valence-corrected chi connectivity index (χ2v) is 29.1. The lowest BCUT2D eigenvalue weighted by atomic mass is 9.47. The number of amides is 3. The number of anilines is 1. The number of carbonyl (C=O) groups excluding carboxylic acids is 4. The molecule has 7 heterocycles. The maximum atomic E-state index is 15.1. The van der Waals surface area contributed by atoms with Crippen molar-refractivity contribution in [3.63, 3.8) is 0 Å². The molecule has 9 N–H and O–H groups in total. The summed E-state index contributed by atoms with van der Waals surface area (Å²) in [6.45, 7) is 12.5. The summed E-state index contributed by atoms with van der Waals surface area (Å²) in [5.74, 6) is -4.05. The number of aliphatic carboxylic acids is 1. The number of aromatic amines is 1. The van der Waals surface area contributed by atoms with E-state index >= 15 is 4.79 Å². The first-order valence-corrected chi connectivity index (χ1v) is 34.5. The number of hydrogen-bond acceptors (Lipinski definition) is 20. The SMILES string of the molecule is CC[C@@H](C)C(=O)N[C@@H](Cc1cn(CCOS(=O)(=O)O)nn1)C(=O)C[C@@H](CSSCCOC(=O)NNC(=O)[C@@]1(O)[C@H](O)[C@]2(CC)C=CCN3CC[C@@]4(c5cc([C@@]6(C)C[C@@H]7CN(CCc8c6[nH]c6ccccc86)C[C@](O)(CC)C7)c(OC)cc5N(C)[C@@H]14)[C@@H]32)C(=O)O. The van der Waals surface area contributed by atoms with Gasteiger partial charge in [0, 0.05) is 126 Å². The molecule has 13 atom stereocenters. The predicted octanol–water partition coefficient (Wildman–Crippen LogP) is 4.08. The zero-order valence-corrected chi connectivity index (χ0v) is 53.8. The number of nitrogens with zero attached hydrogens (tertiary/aromatic N) is 6. The predicted molar refractivity (Wildman–Crippen MR) is 333 cm³/mol. The molecular weight excluding hydrogens is 1210 g/mol. The lowest BCUT2D eigenvalue weighted by Crippen LogP contribution is -2.82.